The normalized spacial score (nSPS) is 8.82. The van der Waals surface area contributed by atoms with Crippen molar-refractivity contribution in [2.45, 2.75) is 45.4 Å². The third-order valence-electron chi connectivity index (χ3n) is 1.49. The van der Waals surface area contributed by atoms with Gasteiger partial charge in [0.05, 0.1) is 0 Å². The van der Waals surface area contributed by atoms with Crippen LogP contribution in [-0.2, 0) is 4.79 Å². The molecule has 0 rings (SSSR count). The Morgan fingerprint density at radius 2 is 1.82 bits per heavy atom. The van der Waals surface area contributed by atoms with Crippen LogP contribution in [0.15, 0.2) is 0 Å². The minimum Gasteiger partial charge on any atom is -0.481 e. The molecule has 0 spiro atoms. The van der Waals surface area contributed by atoms with Crippen LogP contribution in [0.4, 0.5) is 0 Å². The van der Waals surface area contributed by atoms with Crippen LogP contribution in [0.5, 0.6) is 0 Å². The van der Waals surface area contributed by atoms with Gasteiger partial charge in [0.15, 0.2) is 0 Å². The summed E-state index contributed by atoms with van der Waals surface area (Å²) in [5.41, 5.74) is 0. The summed E-state index contributed by atoms with van der Waals surface area (Å²) in [6.07, 6.45) is 5.88. The summed E-state index contributed by atoms with van der Waals surface area (Å²) >= 11 is 0. The molecule has 0 fully saturated rings. The summed E-state index contributed by atoms with van der Waals surface area (Å²) < 4.78 is 0. The quantitative estimate of drug-likeness (QED) is 0.489. The number of aliphatic carboxylic acids is 1. The smallest absolute Gasteiger partial charge is 0.303 e. The van der Waals surface area contributed by atoms with Crippen LogP contribution in [0, 0.1) is 0 Å². The maximum Gasteiger partial charge on any atom is 0.303 e. The van der Waals surface area contributed by atoms with E-state index in [4.69, 9.17) is 5.11 Å². The molecule has 1 radical (unpaired) electrons. The Hall–Kier alpha value is 0.470. The number of rotatable bonds is 6. The number of hydrogen-bond acceptors (Lipinski definition) is 1. The third kappa shape index (κ3) is 13.5. The van der Waals surface area contributed by atoms with E-state index >= 15 is 0 Å². The molecule has 0 saturated carbocycles. The van der Waals surface area contributed by atoms with E-state index in [2.05, 4.69) is 6.92 Å². The van der Waals surface area contributed by atoms with Crippen LogP contribution >= 0.6 is 0 Å². The molecule has 0 bridgehead atoms. The largest absolute Gasteiger partial charge is 0.481 e. The zero-order chi connectivity index (χ0) is 7.82. The van der Waals surface area contributed by atoms with Crippen molar-refractivity contribution >= 4 is 35.5 Å². The van der Waals surface area contributed by atoms with Crippen LogP contribution in [0.3, 0.4) is 0 Å². The van der Waals surface area contributed by atoms with Gasteiger partial charge in [-0.3, -0.25) is 4.79 Å². The van der Waals surface area contributed by atoms with Crippen LogP contribution in [0.2, 0.25) is 0 Å². The Labute approximate surface area is 92.1 Å². The van der Waals surface area contributed by atoms with Crippen LogP contribution in [0.25, 0.3) is 0 Å². The van der Waals surface area contributed by atoms with E-state index in [0.29, 0.717) is 6.42 Å². The van der Waals surface area contributed by atoms with E-state index in [-0.39, 0.29) is 31.0 Å². The SMILES string of the molecule is CCCCCCCC(=O)O.[HH].[Na]. The molecule has 63 valence electrons. The molecule has 0 atom stereocenters. The number of unbranched alkanes of at least 4 members (excludes halogenated alkanes) is 4. The Morgan fingerprint density at radius 3 is 2.27 bits per heavy atom. The van der Waals surface area contributed by atoms with Gasteiger partial charge in [0, 0.05) is 37.4 Å². The van der Waals surface area contributed by atoms with Crippen molar-refractivity contribution in [2.75, 3.05) is 0 Å². The Kier molecular flexibility index (Phi) is 13.3. The molecule has 0 unspecified atom stereocenters. The second-order valence-corrected chi connectivity index (χ2v) is 2.56. The fourth-order valence-electron chi connectivity index (χ4n) is 0.880. The first-order valence-corrected chi connectivity index (χ1v) is 3.99. The van der Waals surface area contributed by atoms with E-state index in [9.17, 15) is 4.79 Å². The van der Waals surface area contributed by atoms with Gasteiger partial charge in [0.1, 0.15) is 0 Å². The number of carbonyl (C=O) groups is 1. The molecule has 0 heterocycles. The zero-order valence-corrected chi connectivity index (χ0v) is 9.60. The molecule has 0 amide bonds. The van der Waals surface area contributed by atoms with Crippen LogP contribution < -0.4 is 0 Å². The summed E-state index contributed by atoms with van der Waals surface area (Å²) in [5, 5.41) is 8.27. The van der Waals surface area contributed by atoms with E-state index < -0.39 is 5.97 Å². The van der Waals surface area contributed by atoms with Crippen molar-refractivity contribution in [2.24, 2.45) is 0 Å². The summed E-state index contributed by atoms with van der Waals surface area (Å²) in [5.74, 6) is -0.670. The molecule has 0 aromatic heterocycles. The van der Waals surface area contributed by atoms with Gasteiger partial charge in [0.2, 0.25) is 0 Å². The topological polar surface area (TPSA) is 37.3 Å². The summed E-state index contributed by atoms with van der Waals surface area (Å²) in [7, 11) is 0. The Bertz CT molecular complexity index is 99.1. The number of hydrogen-bond donors (Lipinski definition) is 1. The van der Waals surface area contributed by atoms with E-state index in [1.807, 2.05) is 0 Å². The molecule has 3 heteroatoms. The molecule has 0 aliphatic heterocycles. The van der Waals surface area contributed by atoms with Gasteiger partial charge in [-0.15, -0.1) is 0 Å². The number of carboxylic acids is 1. The Morgan fingerprint density at radius 1 is 1.27 bits per heavy atom. The van der Waals surface area contributed by atoms with Crippen molar-refractivity contribution in [1.29, 1.82) is 0 Å². The van der Waals surface area contributed by atoms with E-state index in [0.717, 1.165) is 12.8 Å². The van der Waals surface area contributed by atoms with Gasteiger partial charge in [-0.25, -0.2) is 0 Å². The maximum absolute atomic E-state index is 10.0. The minimum atomic E-state index is -0.670. The van der Waals surface area contributed by atoms with Gasteiger partial charge in [0.25, 0.3) is 0 Å². The van der Waals surface area contributed by atoms with Gasteiger partial charge in [-0.1, -0.05) is 32.6 Å². The molecule has 0 aromatic rings. The number of carboxylic acid groups (broad SMARTS) is 1. The maximum atomic E-state index is 10.0. The molecule has 0 aromatic carbocycles. The van der Waals surface area contributed by atoms with Gasteiger partial charge >= 0.3 is 5.97 Å². The molecule has 11 heavy (non-hydrogen) atoms. The van der Waals surface area contributed by atoms with Crippen molar-refractivity contribution in [3.8, 4) is 0 Å². The van der Waals surface area contributed by atoms with Crippen molar-refractivity contribution in [3.63, 3.8) is 0 Å². The average Bonchev–Trinajstić information content (AvgIpc) is 1.87. The molecule has 1 N–H and O–H groups in total. The Balaban J connectivity index is -0.000000405. The molecule has 0 aliphatic rings. The first kappa shape index (κ1) is 14.0. The van der Waals surface area contributed by atoms with Crippen LogP contribution in [-0.4, -0.2) is 40.6 Å². The average molecular weight is 169 g/mol. The molecular formula is C8H18NaO2. The van der Waals surface area contributed by atoms with E-state index in [1.165, 1.54) is 19.3 Å². The third-order valence-corrected chi connectivity index (χ3v) is 1.49. The monoisotopic (exact) mass is 169 g/mol. The summed E-state index contributed by atoms with van der Waals surface area (Å²) in [6, 6.07) is 0. The predicted octanol–water partition coefficient (Wildman–Crippen LogP) is 2.30. The summed E-state index contributed by atoms with van der Waals surface area (Å²) in [4.78, 5) is 10.0. The van der Waals surface area contributed by atoms with Crippen molar-refractivity contribution in [3.05, 3.63) is 0 Å². The molecule has 0 aliphatic carbocycles. The summed E-state index contributed by atoms with van der Waals surface area (Å²) in [6.45, 7) is 2.15. The van der Waals surface area contributed by atoms with Gasteiger partial charge in [-0.2, -0.15) is 0 Å². The molecular weight excluding hydrogens is 151 g/mol. The van der Waals surface area contributed by atoms with Gasteiger partial charge < -0.3 is 5.11 Å². The minimum absolute atomic E-state index is 0. The van der Waals surface area contributed by atoms with E-state index in [1.54, 1.807) is 0 Å². The van der Waals surface area contributed by atoms with Crippen molar-refractivity contribution < 1.29 is 11.3 Å². The zero-order valence-electron chi connectivity index (χ0n) is 7.60. The molecule has 2 nitrogen and oxygen atoms in total. The first-order valence-electron chi connectivity index (χ1n) is 3.99. The standard InChI is InChI=1S/C8H16O2.Na.H2/c1-2-3-4-5-6-7-8(9)10;;/h2-7H2,1H3,(H,9,10);;1H. The first-order chi connectivity index (χ1) is 4.77. The van der Waals surface area contributed by atoms with Gasteiger partial charge in [-0.05, 0) is 6.42 Å². The molecule has 0 saturated heterocycles. The fraction of sp³-hybridized carbons (Fsp3) is 0.875. The second kappa shape index (κ2) is 10.5. The predicted molar refractivity (Wildman–Crippen MR) is 48.9 cm³/mol. The van der Waals surface area contributed by atoms with Crippen LogP contribution in [0.1, 0.15) is 46.9 Å². The van der Waals surface area contributed by atoms with Crippen molar-refractivity contribution in [1.82, 2.24) is 0 Å². The fourth-order valence-corrected chi connectivity index (χ4v) is 0.880. The second-order valence-electron chi connectivity index (χ2n) is 2.56.